The van der Waals surface area contributed by atoms with E-state index in [0.717, 1.165) is 18.4 Å². The fraction of sp³-hybridized carbons (Fsp3) is 0.357. The van der Waals surface area contributed by atoms with Crippen LogP contribution in [0.15, 0.2) is 60.0 Å². The van der Waals surface area contributed by atoms with Crippen molar-refractivity contribution >= 4 is 34.8 Å². The molecule has 0 N–H and O–H groups in total. The Morgan fingerprint density at radius 1 is 1.11 bits per heavy atom. The largest absolute Gasteiger partial charge is 0.497 e. The second-order valence-corrected chi connectivity index (χ2v) is 10.3. The van der Waals surface area contributed by atoms with Crippen LogP contribution in [0, 0.1) is 0 Å². The molecule has 0 saturated carbocycles. The molecule has 0 radical (unpaired) electrons. The first-order valence-corrected chi connectivity index (χ1v) is 13.4. The number of fused-ring (bicyclic) bond motifs is 1. The summed E-state index contributed by atoms with van der Waals surface area (Å²) in [6, 6.07) is 16.0. The quantitative estimate of drug-likeness (QED) is 0.350. The summed E-state index contributed by atoms with van der Waals surface area (Å²) in [5.74, 6) is 1.13. The Balaban J connectivity index is 1.53. The minimum atomic E-state index is -0.224. The first-order chi connectivity index (χ1) is 17.4. The zero-order chi connectivity index (χ0) is 25.7. The summed E-state index contributed by atoms with van der Waals surface area (Å²) < 4.78 is 11.3. The van der Waals surface area contributed by atoms with Gasteiger partial charge in [-0.15, -0.1) is 11.3 Å². The van der Waals surface area contributed by atoms with Crippen LogP contribution in [0.4, 0.5) is 0 Å². The van der Waals surface area contributed by atoms with Crippen LogP contribution in [-0.2, 0) is 11.2 Å². The molecular formula is C28H31ClN2O4S. The second kappa shape index (κ2) is 11.8. The monoisotopic (exact) mass is 526 g/mol. The smallest absolute Gasteiger partial charge is 0.254 e. The highest BCUT2D eigenvalue weighted by atomic mass is 35.5. The van der Waals surface area contributed by atoms with Gasteiger partial charge in [-0.3, -0.25) is 9.59 Å². The molecule has 1 aliphatic rings. The van der Waals surface area contributed by atoms with Crippen LogP contribution in [0.1, 0.15) is 47.1 Å². The van der Waals surface area contributed by atoms with Crippen molar-refractivity contribution in [3.8, 4) is 11.5 Å². The van der Waals surface area contributed by atoms with Gasteiger partial charge in [-0.25, -0.2) is 0 Å². The molecule has 0 spiro atoms. The Morgan fingerprint density at radius 3 is 2.47 bits per heavy atom. The minimum absolute atomic E-state index is 0.0107. The highest BCUT2D eigenvalue weighted by Crippen LogP contribution is 2.34. The summed E-state index contributed by atoms with van der Waals surface area (Å²) in [6.07, 6.45) is 1.54. The van der Waals surface area contributed by atoms with Gasteiger partial charge in [-0.1, -0.05) is 18.5 Å². The van der Waals surface area contributed by atoms with Crippen LogP contribution in [0.2, 0.25) is 5.02 Å². The van der Waals surface area contributed by atoms with E-state index in [1.54, 1.807) is 59.7 Å². The van der Waals surface area contributed by atoms with Gasteiger partial charge in [0, 0.05) is 28.0 Å². The number of nitrogens with zero attached hydrogens (tertiary/aromatic N) is 2. The summed E-state index contributed by atoms with van der Waals surface area (Å²) in [7, 11) is 1.59. The van der Waals surface area contributed by atoms with Gasteiger partial charge in [0.05, 0.1) is 13.2 Å². The molecule has 2 amide bonds. The average Bonchev–Trinajstić information content (AvgIpc) is 3.39. The molecule has 8 heteroatoms. The first kappa shape index (κ1) is 26.0. The van der Waals surface area contributed by atoms with E-state index in [9.17, 15) is 9.59 Å². The predicted octanol–water partition coefficient (Wildman–Crippen LogP) is 5.86. The molecule has 190 valence electrons. The number of hydrogen-bond donors (Lipinski definition) is 0. The van der Waals surface area contributed by atoms with Gasteiger partial charge in [0.2, 0.25) is 5.91 Å². The molecule has 0 aliphatic carbocycles. The molecule has 2 atom stereocenters. The van der Waals surface area contributed by atoms with E-state index in [1.807, 2.05) is 30.9 Å². The van der Waals surface area contributed by atoms with E-state index in [2.05, 4.69) is 11.4 Å². The third-order valence-electron chi connectivity index (χ3n) is 6.66. The second-order valence-electron chi connectivity index (χ2n) is 8.84. The van der Waals surface area contributed by atoms with Gasteiger partial charge in [0.25, 0.3) is 5.91 Å². The maximum atomic E-state index is 13.7. The molecule has 2 heterocycles. The van der Waals surface area contributed by atoms with Crippen molar-refractivity contribution in [2.75, 3.05) is 26.8 Å². The van der Waals surface area contributed by atoms with Crippen molar-refractivity contribution in [1.29, 1.82) is 0 Å². The van der Waals surface area contributed by atoms with E-state index in [4.69, 9.17) is 21.1 Å². The van der Waals surface area contributed by atoms with Crippen molar-refractivity contribution in [2.24, 2.45) is 0 Å². The van der Waals surface area contributed by atoms with Crippen molar-refractivity contribution < 1.29 is 19.1 Å². The van der Waals surface area contributed by atoms with E-state index in [0.29, 0.717) is 35.2 Å². The fourth-order valence-electron chi connectivity index (χ4n) is 4.36. The molecule has 6 nitrogen and oxygen atoms in total. The van der Waals surface area contributed by atoms with Gasteiger partial charge in [-0.05, 0) is 85.3 Å². The van der Waals surface area contributed by atoms with Gasteiger partial charge >= 0.3 is 0 Å². The highest BCUT2D eigenvalue weighted by molar-refractivity contribution is 7.10. The number of rotatable bonds is 9. The molecule has 1 aliphatic heterocycles. The number of carbonyl (C=O) groups excluding carboxylic acids is 2. The van der Waals surface area contributed by atoms with E-state index in [1.165, 1.54) is 4.88 Å². The average molecular weight is 527 g/mol. The number of ether oxygens (including phenoxy) is 2. The summed E-state index contributed by atoms with van der Waals surface area (Å²) in [6.45, 7) is 4.92. The lowest BCUT2D eigenvalue weighted by Gasteiger charge is -2.38. The van der Waals surface area contributed by atoms with Gasteiger partial charge in [0.1, 0.15) is 24.7 Å². The van der Waals surface area contributed by atoms with Crippen LogP contribution in [0.5, 0.6) is 11.5 Å². The van der Waals surface area contributed by atoms with Crippen LogP contribution in [-0.4, -0.2) is 54.5 Å². The summed E-state index contributed by atoms with van der Waals surface area (Å²) in [4.78, 5) is 31.9. The Labute approximate surface area is 221 Å². The zero-order valence-corrected chi connectivity index (χ0v) is 22.3. The molecular weight excluding hydrogens is 496 g/mol. The molecule has 36 heavy (non-hydrogen) atoms. The lowest BCUT2D eigenvalue weighted by molar-refractivity contribution is -0.136. The number of halogens is 1. The Kier molecular flexibility index (Phi) is 8.54. The zero-order valence-electron chi connectivity index (χ0n) is 20.8. The molecule has 4 rings (SSSR count). The number of methoxy groups -OCH3 is 1. The van der Waals surface area contributed by atoms with Crippen LogP contribution in [0.3, 0.4) is 0 Å². The lowest BCUT2D eigenvalue weighted by Crippen LogP contribution is -2.49. The summed E-state index contributed by atoms with van der Waals surface area (Å²) in [5.41, 5.74) is 1.65. The van der Waals surface area contributed by atoms with E-state index >= 15 is 0 Å². The van der Waals surface area contributed by atoms with E-state index in [-0.39, 0.29) is 30.4 Å². The SMILES string of the molecule is CC[C@H](C)N(CC(=O)N1CCc2sccc2[C@H]1COc1ccc(Cl)cc1)C(=O)c1ccc(OC)cc1. The van der Waals surface area contributed by atoms with Crippen molar-refractivity contribution in [3.05, 3.63) is 81.0 Å². The van der Waals surface area contributed by atoms with Gasteiger partial charge in [-0.2, -0.15) is 0 Å². The third-order valence-corrected chi connectivity index (χ3v) is 7.91. The molecule has 0 unspecified atom stereocenters. The lowest BCUT2D eigenvalue weighted by atomic mass is 10.00. The summed E-state index contributed by atoms with van der Waals surface area (Å²) in [5, 5.41) is 2.70. The Bertz CT molecular complexity index is 1180. The summed E-state index contributed by atoms with van der Waals surface area (Å²) >= 11 is 7.71. The standard InChI is InChI=1S/C28H31ClN2O4S/c1-4-19(2)31(28(33)20-5-9-22(34-3)10-6-20)17-27(32)30-15-13-26-24(14-16-36-26)25(30)18-35-23-11-7-21(29)8-12-23/h5-12,14,16,19,25H,4,13,15,17-18H2,1-3H3/t19-,25+/m0/s1. The topological polar surface area (TPSA) is 59.1 Å². The van der Waals surface area contributed by atoms with Crippen molar-refractivity contribution in [3.63, 3.8) is 0 Å². The predicted molar refractivity (Wildman–Crippen MR) is 143 cm³/mol. The van der Waals surface area contributed by atoms with Crippen molar-refractivity contribution in [2.45, 2.75) is 38.8 Å². The number of amides is 2. The van der Waals surface area contributed by atoms with Crippen LogP contribution in [0.25, 0.3) is 0 Å². The maximum absolute atomic E-state index is 13.7. The number of benzene rings is 2. The molecule has 1 aromatic heterocycles. The number of carbonyl (C=O) groups is 2. The van der Waals surface area contributed by atoms with Crippen LogP contribution < -0.4 is 9.47 Å². The minimum Gasteiger partial charge on any atom is -0.497 e. The van der Waals surface area contributed by atoms with Crippen molar-refractivity contribution in [1.82, 2.24) is 9.80 Å². The first-order valence-electron chi connectivity index (χ1n) is 12.1. The Hall–Kier alpha value is -3.03. The Morgan fingerprint density at radius 2 is 1.81 bits per heavy atom. The molecule has 0 bridgehead atoms. The molecule has 0 fully saturated rings. The maximum Gasteiger partial charge on any atom is 0.254 e. The highest BCUT2D eigenvalue weighted by Gasteiger charge is 2.34. The third kappa shape index (κ3) is 5.85. The number of hydrogen-bond acceptors (Lipinski definition) is 5. The van der Waals surface area contributed by atoms with Crippen LogP contribution >= 0.6 is 22.9 Å². The molecule has 2 aromatic carbocycles. The number of thiophene rings is 1. The normalized spacial score (nSPS) is 15.7. The van der Waals surface area contributed by atoms with Gasteiger partial charge < -0.3 is 19.3 Å². The fourth-order valence-corrected chi connectivity index (χ4v) is 5.42. The molecule has 0 saturated heterocycles. The van der Waals surface area contributed by atoms with E-state index < -0.39 is 0 Å². The van der Waals surface area contributed by atoms with Gasteiger partial charge in [0.15, 0.2) is 0 Å². The molecule has 3 aromatic rings.